The van der Waals surface area contributed by atoms with Gasteiger partial charge >= 0.3 is 0 Å². The third-order valence-corrected chi connectivity index (χ3v) is 4.76. The molecule has 0 saturated carbocycles. The highest BCUT2D eigenvalue weighted by molar-refractivity contribution is 5.40. The average molecular weight is 293 g/mol. The molecule has 1 saturated heterocycles. The van der Waals surface area contributed by atoms with E-state index in [9.17, 15) is 9.50 Å². The summed E-state index contributed by atoms with van der Waals surface area (Å²) in [4.78, 5) is 2.31. The summed E-state index contributed by atoms with van der Waals surface area (Å²) in [6.45, 7) is 8.17. The number of piperidine rings is 1. The minimum Gasteiger partial charge on any atom is -0.486 e. The van der Waals surface area contributed by atoms with Crippen LogP contribution in [0.2, 0.25) is 0 Å². The van der Waals surface area contributed by atoms with Gasteiger partial charge in [0.2, 0.25) is 0 Å². The van der Waals surface area contributed by atoms with Crippen LogP contribution < -0.4 is 4.74 Å². The van der Waals surface area contributed by atoms with E-state index in [1.807, 2.05) is 13.8 Å². The molecule has 1 N–H and O–H groups in total. The molecule has 0 aromatic heterocycles. The van der Waals surface area contributed by atoms with Gasteiger partial charge in [0, 0.05) is 12.1 Å². The largest absolute Gasteiger partial charge is 0.486 e. The normalized spacial score (nSPS) is 32.3. The van der Waals surface area contributed by atoms with Crippen LogP contribution in [-0.2, 0) is 0 Å². The van der Waals surface area contributed by atoms with Crippen molar-refractivity contribution in [1.29, 1.82) is 0 Å². The smallest absolute Gasteiger partial charge is 0.126 e. The minimum absolute atomic E-state index is 0.144. The Kier molecular flexibility index (Phi) is 3.70. The molecule has 1 aromatic rings. The van der Waals surface area contributed by atoms with Crippen LogP contribution in [0.4, 0.5) is 4.39 Å². The molecular formula is C17H24FNO2. The summed E-state index contributed by atoms with van der Waals surface area (Å²) in [5.74, 6) is 0.882. The monoisotopic (exact) mass is 293 g/mol. The first-order valence-corrected chi connectivity index (χ1v) is 7.79. The average Bonchev–Trinajstić information content (AvgIpc) is 2.39. The van der Waals surface area contributed by atoms with Crippen molar-refractivity contribution in [3.8, 4) is 5.75 Å². The fourth-order valence-corrected chi connectivity index (χ4v) is 3.86. The van der Waals surface area contributed by atoms with Gasteiger partial charge in [0.15, 0.2) is 0 Å². The predicted molar refractivity (Wildman–Crippen MR) is 79.8 cm³/mol. The fourth-order valence-electron chi connectivity index (χ4n) is 3.86. The number of aliphatic hydroxyl groups is 1. The lowest BCUT2D eigenvalue weighted by Gasteiger charge is -2.50. The van der Waals surface area contributed by atoms with E-state index in [2.05, 4.69) is 11.8 Å². The zero-order valence-corrected chi connectivity index (χ0v) is 13.0. The molecule has 2 heterocycles. The van der Waals surface area contributed by atoms with Crippen LogP contribution in [0, 0.1) is 11.7 Å². The van der Waals surface area contributed by atoms with E-state index in [-0.39, 0.29) is 11.9 Å². The topological polar surface area (TPSA) is 32.7 Å². The molecule has 1 fully saturated rings. The molecule has 0 bridgehead atoms. The second-order valence-electron chi connectivity index (χ2n) is 7.02. The number of ether oxygens (including phenoxy) is 1. The maximum atomic E-state index is 13.5. The predicted octanol–water partition coefficient (Wildman–Crippen LogP) is 3.13. The Labute approximate surface area is 125 Å². The minimum atomic E-state index is -0.718. The van der Waals surface area contributed by atoms with Crippen molar-refractivity contribution in [3.63, 3.8) is 0 Å². The molecule has 3 unspecified atom stereocenters. The zero-order chi connectivity index (χ0) is 15.2. The van der Waals surface area contributed by atoms with Gasteiger partial charge in [0.25, 0.3) is 0 Å². The molecule has 0 amide bonds. The second-order valence-corrected chi connectivity index (χ2v) is 7.02. The lowest BCUT2D eigenvalue weighted by molar-refractivity contribution is -0.0921. The first kappa shape index (κ1) is 14.8. The number of rotatable bonds is 1. The molecule has 3 rings (SSSR count). The lowest BCUT2D eigenvalue weighted by Crippen LogP contribution is -2.59. The summed E-state index contributed by atoms with van der Waals surface area (Å²) in [6, 6.07) is 4.25. The van der Waals surface area contributed by atoms with Crippen LogP contribution in [0.3, 0.4) is 0 Å². The Bertz CT molecular complexity index is 532. The molecule has 0 aliphatic carbocycles. The maximum absolute atomic E-state index is 13.5. The molecule has 3 atom stereocenters. The fraction of sp³-hybridized carbons (Fsp3) is 0.647. The second kappa shape index (κ2) is 5.25. The van der Waals surface area contributed by atoms with E-state index < -0.39 is 11.7 Å². The van der Waals surface area contributed by atoms with Gasteiger partial charge in [-0.15, -0.1) is 0 Å². The molecule has 116 valence electrons. The lowest BCUT2D eigenvalue weighted by atomic mass is 9.83. The number of aliphatic hydroxyl groups excluding tert-OH is 1. The number of hydrogen-bond acceptors (Lipinski definition) is 3. The number of benzene rings is 1. The van der Waals surface area contributed by atoms with Gasteiger partial charge in [-0.1, -0.05) is 6.92 Å². The van der Waals surface area contributed by atoms with Crippen LogP contribution in [0.1, 0.15) is 45.3 Å². The number of hydrogen-bond donors (Lipinski definition) is 1. The molecule has 21 heavy (non-hydrogen) atoms. The number of halogens is 1. The Morgan fingerprint density at radius 1 is 1.38 bits per heavy atom. The summed E-state index contributed by atoms with van der Waals surface area (Å²) in [5.41, 5.74) is 0.0685. The van der Waals surface area contributed by atoms with Crippen molar-refractivity contribution in [2.75, 3.05) is 13.1 Å². The Morgan fingerprint density at radius 3 is 2.86 bits per heavy atom. The number of likely N-dealkylation sites (tertiary alicyclic amines) is 1. The molecule has 0 radical (unpaired) electrons. The highest BCUT2D eigenvalue weighted by Gasteiger charge is 2.47. The van der Waals surface area contributed by atoms with Crippen LogP contribution in [0.15, 0.2) is 18.2 Å². The third-order valence-electron chi connectivity index (χ3n) is 4.76. The summed E-state index contributed by atoms with van der Waals surface area (Å²) in [7, 11) is 0. The van der Waals surface area contributed by atoms with Crippen LogP contribution >= 0.6 is 0 Å². The quantitative estimate of drug-likeness (QED) is 0.863. The molecule has 2 aliphatic heterocycles. The van der Waals surface area contributed by atoms with E-state index >= 15 is 0 Å². The van der Waals surface area contributed by atoms with E-state index in [1.165, 1.54) is 18.6 Å². The van der Waals surface area contributed by atoms with Gasteiger partial charge in [0.1, 0.15) is 23.3 Å². The third kappa shape index (κ3) is 2.67. The highest BCUT2D eigenvalue weighted by Crippen LogP contribution is 2.43. The van der Waals surface area contributed by atoms with E-state index in [0.717, 1.165) is 19.5 Å². The first-order valence-electron chi connectivity index (χ1n) is 7.79. The van der Waals surface area contributed by atoms with Crippen LogP contribution in [0.5, 0.6) is 5.75 Å². The van der Waals surface area contributed by atoms with Crippen LogP contribution in [-0.4, -0.2) is 34.7 Å². The Balaban J connectivity index is 1.96. The summed E-state index contributed by atoms with van der Waals surface area (Å²) < 4.78 is 19.6. The van der Waals surface area contributed by atoms with Crippen molar-refractivity contribution >= 4 is 0 Å². The summed E-state index contributed by atoms with van der Waals surface area (Å²) in [6.07, 6.45) is 1.65. The van der Waals surface area contributed by atoms with Gasteiger partial charge in [0.05, 0.1) is 6.04 Å². The SMILES string of the molecule is CC1CCCN(C2C(O)c3cc(F)ccc3OC2(C)C)C1. The van der Waals surface area contributed by atoms with E-state index in [0.29, 0.717) is 17.2 Å². The van der Waals surface area contributed by atoms with Crippen molar-refractivity contribution in [3.05, 3.63) is 29.6 Å². The van der Waals surface area contributed by atoms with Gasteiger partial charge < -0.3 is 9.84 Å². The van der Waals surface area contributed by atoms with E-state index in [1.54, 1.807) is 6.07 Å². The molecule has 2 aliphatic rings. The van der Waals surface area contributed by atoms with Gasteiger partial charge in [-0.05, 0) is 57.4 Å². The number of fused-ring (bicyclic) bond motifs is 1. The summed E-state index contributed by atoms with van der Waals surface area (Å²) in [5, 5.41) is 10.8. The standard InChI is InChI=1S/C17H24FNO2/c1-11-5-4-8-19(10-11)16-15(20)13-9-12(18)6-7-14(13)21-17(16,2)3/h6-7,9,11,15-16,20H,4-5,8,10H2,1-3H3. The maximum Gasteiger partial charge on any atom is 0.126 e. The van der Waals surface area contributed by atoms with Gasteiger partial charge in [-0.3, -0.25) is 4.90 Å². The molecule has 3 nitrogen and oxygen atoms in total. The molecule has 4 heteroatoms. The highest BCUT2D eigenvalue weighted by atomic mass is 19.1. The van der Waals surface area contributed by atoms with Crippen molar-refractivity contribution in [2.24, 2.45) is 5.92 Å². The zero-order valence-electron chi connectivity index (χ0n) is 13.0. The Hall–Kier alpha value is -1.13. The molecule has 1 aromatic carbocycles. The van der Waals surface area contributed by atoms with Crippen molar-refractivity contribution in [1.82, 2.24) is 4.90 Å². The molecular weight excluding hydrogens is 269 g/mol. The van der Waals surface area contributed by atoms with Crippen molar-refractivity contribution < 1.29 is 14.2 Å². The number of nitrogens with zero attached hydrogens (tertiary/aromatic N) is 1. The first-order chi connectivity index (χ1) is 9.88. The Morgan fingerprint density at radius 2 is 2.14 bits per heavy atom. The van der Waals surface area contributed by atoms with Gasteiger partial charge in [-0.2, -0.15) is 0 Å². The summed E-state index contributed by atoms with van der Waals surface area (Å²) >= 11 is 0. The van der Waals surface area contributed by atoms with E-state index in [4.69, 9.17) is 4.74 Å². The van der Waals surface area contributed by atoms with Crippen molar-refractivity contribution in [2.45, 2.75) is 51.4 Å². The van der Waals surface area contributed by atoms with Gasteiger partial charge in [-0.25, -0.2) is 4.39 Å². The molecule has 0 spiro atoms. The van der Waals surface area contributed by atoms with Crippen LogP contribution in [0.25, 0.3) is 0 Å².